The van der Waals surface area contributed by atoms with Gasteiger partial charge in [0.05, 0.1) is 16.7 Å². The quantitative estimate of drug-likeness (QED) is 0.276. The minimum absolute atomic E-state index is 0.0621. The maximum atomic E-state index is 13.2. The van der Waals surface area contributed by atoms with E-state index in [1.807, 2.05) is 32.0 Å². The van der Waals surface area contributed by atoms with Gasteiger partial charge in [0.15, 0.2) is 5.69 Å². The molecule has 1 saturated carbocycles. The van der Waals surface area contributed by atoms with Gasteiger partial charge >= 0.3 is 0 Å². The Labute approximate surface area is 231 Å². The fourth-order valence-electron chi connectivity index (χ4n) is 4.52. The minimum Gasteiger partial charge on any atom is -0.437 e. The summed E-state index contributed by atoms with van der Waals surface area (Å²) in [6.45, 7) is 6.46. The molecule has 0 bridgehead atoms. The number of sulfonamides is 1. The molecule has 1 aromatic heterocycles. The predicted molar refractivity (Wildman–Crippen MR) is 146 cm³/mol. The first-order valence-electron chi connectivity index (χ1n) is 13.1. The molecule has 0 radical (unpaired) electrons. The molecule has 5 rings (SSSR count). The van der Waals surface area contributed by atoms with Gasteiger partial charge in [-0.1, -0.05) is 12.1 Å². The number of rotatable bonds is 10. The summed E-state index contributed by atoms with van der Waals surface area (Å²) in [4.78, 5) is 23.6. The number of hydrogen-bond donors (Lipinski definition) is 2. The van der Waals surface area contributed by atoms with Gasteiger partial charge in [-0.05, 0) is 69.7 Å². The van der Waals surface area contributed by atoms with E-state index in [1.165, 1.54) is 16.8 Å². The SMILES string of the molecule is Cc1ccc(C)c(-n2nc(C(=O)NC[C@@H]3CCCO3)c(C)c2Oc2ccc([N+](=O)[O-])cc2S(=O)(=O)NC2CC2)c1. The van der Waals surface area contributed by atoms with E-state index < -0.39 is 26.5 Å². The zero-order valence-corrected chi connectivity index (χ0v) is 23.3. The van der Waals surface area contributed by atoms with Crippen molar-refractivity contribution >= 4 is 21.6 Å². The summed E-state index contributed by atoms with van der Waals surface area (Å²) in [6, 6.07) is 8.90. The van der Waals surface area contributed by atoms with Gasteiger partial charge < -0.3 is 14.8 Å². The number of hydrogen-bond acceptors (Lipinski definition) is 8. The van der Waals surface area contributed by atoms with Gasteiger partial charge in [-0.25, -0.2) is 13.1 Å². The monoisotopic (exact) mass is 569 g/mol. The predicted octanol–water partition coefficient (Wildman–Crippen LogP) is 3.85. The van der Waals surface area contributed by atoms with Gasteiger partial charge in [0.1, 0.15) is 10.6 Å². The number of nitrogens with one attached hydrogen (secondary N) is 2. The Bertz CT molecular complexity index is 1570. The minimum atomic E-state index is -4.14. The molecule has 0 spiro atoms. The summed E-state index contributed by atoms with van der Waals surface area (Å²) in [5.74, 6) is -0.429. The van der Waals surface area contributed by atoms with E-state index in [9.17, 15) is 23.3 Å². The number of carbonyl (C=O) groups is 1. The summed E-state index contributed by atoms with van der Waals surface area (Å²) in [5.41, 5.74) is 2.52. The Morgan fingerprint density at radius 1 is 1.18 bits per heavy atom. The fourth-order valence-corrected chi connectivity index (χ4v) is 5.97. The van der Waals surface area contributed by atoms with Crippen molar-refractivity contribution in [3.8, 4) is 17.3 Å². The molecular formula is C27H31N5O7S. The molecule has 12 nitrogen and oxygen atoms in total. The third-order valence-electron chi connectivity index (χ3n) is 6.92. The Hall–Kier alpha value is -3.81. The van der Waals surface area contributed by atoms with E-state index in [4.69, 9.17) is 9.47 Å². The molecule has 1 saturated heterocycles. The molecule has 1 atom stereocenters. The summed E-state index contributed by atoms with van der Waals surface area (Å²) in [7, 11) is -4.14. The number of nitrogens with zero attached hydrogens (tertiary/aromatic N) is 3. The van der Waals surface area contributed by atoms with Gasteiger partial charge in [-0.2, -0.15) is 9.78 Å². The van der Waals surface area contributed by atoms with E-state index in [2.05, 4.69) is 15.1 Å². The van der Waals surface area contributed by atoms with Crippen LogP contribution in [0.4, 0.5) is 5.69 Å². The highest BCUT2D eigenvalue weighted by molar-refractivity contribution is 7.89. The Kier molecular flexibility index (Phi) is 7.62. The molecular weight excluding hydrogens is 538 g/mol. The lowest BCUT2D eigenvalue weighted by atomic mass is 10.1. The Morgan fingerprint density at radius 3 is 2.62 bits per heavy atom. The van der Waals surface area contributed by atoms with E-state index >= 15 is 0 Å². The van der Waals surface area contributed by atoms with Crippen molar-refractivity contribution in [2.45, 2.75) is 63.5 Å². The standard InChI is InChI=1S/C27H31N5O7S/c1-16-6-7-17(2)22(13-16)31-27(18(3)25(29-31)26(33)28-15-21-5-4-12-38-21)39-23-11-10-20(32(34)35)14-24(23)40(36,37)30-19-8-9-19/h6-7,10-11,13-14,19,21,30H,4-5,8-9,12,15H2,1-3H3,(H,28,33)/t21-/m0/s1. The zero-order chi connectivity index (χ0) is 28.6. The number of aryl methyl sites for hydroxylation is 2. The third kappa shape index (κ3) is 5.86. The lowest BCUT2D eigenvalue weighted by Crippen LogP contribution is -2.32. The maximum absolute atomic E-state index is 13.2. The van der Waals surface area contributed by atoms with Crippen LogP contribution in [0.15, 0.2) is 41.3 Å². The summed E-state index contributed by atoms with van der Waals surface area (Å²) in [5, 5.41) is 18.9. The number of aromatic nitrogens is 2. The molecule has 40 heavy (non-hydrogen) atoms. The highest BCUT2D eigenvalue weighted by Gasteiger charge is 2.32. The molecule has 2 heterocycles. The van der Waals surface area contributed by atoms with Crippen molar-refractivity contribution in [2.75, 3.05) is 13.2 Å². The number of nitro benzene ring substituents is 1. The van der Waals surface area contributed by atoms with Crippen LogP contribution < -0.4 is 14.8 Å². The summed E-state index contributed by atoms with van der Waals surface area (Å²) < 4.78 is 42.3. The molecule has 1 aliphatic carbocycles. The lowest BCUT2D eigenvalue weighted by molar-refractivity contribution is -0.385. The molecule has 2 fully saturated rings. The van der Waals surface area contributed by atoms with Crippen LogP contribution >= 0.6 is 0 Å². The van der Waals surface area contributed by atoms with Gasteiger partial charge in [0.2, 0.25) is 15.9 Å². The molecule has 0 unspecified atom stereocenters. The van der Waals surface area contributed by atoms with Crippen LogP contribution in [0.3, 0.4) is 0 Å². The highest BCUT2D eigenvalue weighted by Crippen LogP contribution is 2.37. The first-order chi connectivity index (χ1) is 19.0. The average Bonchev–Trinajstić information content (AvgIpc) is 3.43. The Morgan fingerprint density at radius 2 is 1.95 bits per heavy atom. The number of nitro groups is 1. The number of non-ortho nitro benzene ring substituents is 1. The van der Waals surface area contributed by atoms with Crippen LogP contribution in [0.1, 0.15) is 52.9 Å². The van der Waals surface area contributed by atoms with Crippen molar-refractivity contribution in [3.63, 3.8) is 0 Å². The second kappa shape index (κ2) is 11.0. The van der Waals surface area contributed by atoms with Gasteiger partial charge in [-0.15, -0.1) is 0 Å². The largest absolute Gasteiger partial charge is 0.437 e. The molecule has 212 valence electrons. The van der Waals surface area contributed by atoms with Crippen LogP contribution in [-0.2, 0) is 14.8 Å². The van der Waals surface area contributed by atoms with Crippen molar-refractivity contribution in [2.24, 2.45) is 0 Å². The fraction of sp³-hybridized carbons (Fsp3) is 0.407. The number of carbonyl (C=O) groups excluding carboxylic acids is 1. The number of benzene rings is 2. The molecule has 1 amide bonds. The second-order valence-electron chi connectivity index (χ2n) is 10.2. The van der Waals surface area contributed by atoms with Crippen LogP contribution in [0, 0.1) is 30.9 Å². The molecule has 2 aromatic carbocycles. The maximum Gasteiger partial charge on any atom is 0.272 e. The normalized spacial score (nSPS) is 17.1. The van der Waals surface area contributed by atoms with Crippen LogP contribution in [-0.4, -0.2) is 54.3 Å². The topological polar surface area (TPSA) is 155 Å². The van der Waals surface area contributed by atoms with Gasteiger partial charge in [-0.3, -0.25) is 14.9 Å². The van der Waals surface area contributed by atoms with Crippen molar-refractivity contribution in [1.29, 1.82) is 0 Å². The smallest absolute Gasteiger partial charge is 0.272 e. The lowest BCUT2D eigenvalue weighted by Gasteiger charge is -2.15. The number of amides is 1. The van der Waals surface area contributed by atoms with E-state index in [0.29, 0.717) is 37.2 Å². The summed E-state index contributed by atoms with van der Waals surface area (Å²) >= 11 is 0. The zero-order valence-electron chi connectivity index (χ0n) is 22.5. The van der Waals surface area contributed by atoms with Crippen LogP contribution in [0.25, 0.3) is 5.69 Å². The van der Waals surface area contributed by atoms with Gasteiger partial charge in [0, 0.05) is 36.9 Å². The first kappa shape index (κ1) is 27.7. The molecule has 3 aromatic rings. The Balaban J connectivity index is 1.58. The van der Waals surface area contributed by atoms with Crippen molar-refractivity contribution in [1.82, 2.24) is 19.8 Å². The second-order valence-corrected chi connectivity index (χ2v) is 11.9. The average molecular weight is 570 g/mol. The van der Waals surface area contributed by atoms with Crippen LogP contribution in [0.2, 0.25) is 0 Å². The van der Waals surface area contributed by atoms with Crippen molar-refractivity contribution < 1.29 is 27.6 Å². The van der Waals surface area contributed by atoms with Crippen LogP contribution in [0.5, 0.6) is 11.6 Å². The van der Waals surface area contributed by atoms with Crippen molar-refractivity contribution in [3.05, 3.63) is 68.9 Å². The van der Waals surface area contributed by atoms with Gasteiger partial charge in [0.25, 0.3) is 11.6 Å². The molecule has 2 N–H and O–H groups in total. The first-order valence-corrected chi connectivity index (χ1v) is 14.6. The third-order valence-corrected chi connectivity index (χ3v) is 8.47. The van der Waals surface area contributed by atoms with E-state index in [-0.39, 0.29) is 34.4 Å². The molecule has 2 aliphatic rings. The molecule has 1 aliphatic heterocycles. The highest BCUT2D eigenvalue weighted by atomic mass is 32.2. The summed E-state index contributed by atoms with van der Waals surface area (Å²) in [6.07, 6.45) is 3.11. The van der Waals surface area contributed by atoms with E-state index in [0.717, 1.165) is 30.0 Å². The number of ether oxygens (including phenoxy) is 2. The van der Waals surface area contributed by atoms with E-state index in [1.54, 1.807) is 6.92 Å². The molecule has 13 heteroatoms.